The fraction of sp³-hybridized carbons (Fsp3) is 0.250. The van der Waals surface area contributed by atoms with Crippen molar-refractivity contribution < 1.29 is 19.9 Å². The molecular weight excluding hydrogens is 171 g/mol. The zero-order valence-electron chi connectivity index (χ0n) is 7.27. The van der Waals surface area contributed by atoms with Crippen LogP contribution in [0.3, 0.4) is 0 Å². The van der Waals surface area contributed by atoms with Crippen LogP contribution in [0.2, 0.25) is 0 Å². The SMILES string of the molecule is COc1cccc(CO)c1B(O)O. The van der Waals surface area contributed by atoms with Gasteiger partial charge in [0, 0.05) is 5.46 Å². The maximum Gasteiger partial charge on any atom is 0.492 e. The summed E-state index contributed by atoms with van der Waals surface area (Å²) in [7, 11) is -0.194. The molecule has 0 aromatic heterocycles. The van der Waals surface area contributed by atoms with E-state index in [2.05, 4.69) is 0 Å². The minimum atomic E-state index is -1.63. The van der Waals surface area contributed by atoms with Gasteiger partial charge < -0.3 is 19.9 Å². The smallest absolute Gasteiger partial charge is 0.492 e. The summed E-state index contributed by atoms with van der Waals surface area (Å²) in [4.78, 5) is 0. The Kier molecular flexibility index (Phi) is 3.30. The Balaban J connectivity index is 3.21. The van der Waals surface area contributed by atoms with E-state index in [0.29, 0.717) is 11.3 Å². The topological polar surface area (TPSA) is 69.9 Å². The first-order chi connectivity index (χ1) is 6.20. The molecule has 0 amide bonds. The van der Waals surface area contributed by atoms with Crippen LogP contribution in [0.5, 0.6) is 5.75 Å². The van der Waals surface area contributed by atoms with Gasteiger partial charge in [0.2, 0.25) is 0 Å². The molecule has 0 aliphatic heterocycles. The second-order valence-electron chi connectivity index (χ2n) is 2.56. The van der Waals surface area contributed by atoms with Crippen LogP contribution in [0.1, 0.15) is 5.56 Å². The molecule has 0 aliphatic carbocycles. The van der Waals surface area contributed by atoms with E-state index in [-0.39, 0.29) is 12.1 Å². The fourth-order valence-electron chi connectivity index (χ4n) is 1.20. The Morgan fingerprint density at radius 2 is 2.08 bits per heavy atom. The number of rotatable bonds is 3. The summed E-state index contributed by atoms with van der Waals surface area (Å²) in [5.74, 6) is 0.363. The number of aliphatic hydroxyl groups is 1. The van der Waals surface area contributed by atoms with Crippen LogP contribution in [0, 0.1) is 0 Å². The fourth-order valence-corrected chi connectivity index (χ4v) is 1.20. The van der Waals surface area contributed by atoms with Crippen LogP contribution in [-0.4, -0.2) is 29.4 Å². The summed E-state index contributed by atoms with van der Waals surface area (Å²) in [5.41, 5.74) is 0.668. The maximum absolute atomic E-state index is 9.01. The molecule has 0 saturated heterocycles. The van der Waals surface area contributed by atoms with Crippen molar-refractivity contribution in [1.82, 2.24) is 0 Å². The van der Waals surface area contributed by atoms with E-state index in [1.807, 2.05) is 0 Å². The third kappa shape index (κ3) is 2.00. The first-order valence-electron chi connectivity index (χ1n) is 3.83. The van der Waals surface area contributed by atoms with Crippen molar-refractivity contribution in [2.24, 2.45) is 0 Å². The maximum atomic E-state index is 9.01. The van der Waals surface area contributed by atoms with E-state index in [1.54, 1.807) is 18.2 Å². The molecule has 1 rings (SSSR count). The third-order valence-corrected chi connectivity index (χ3v) is 1.80. The lowest BCUT2D eigenvalue weighted by molar-refractivity contribution is 0.281. The van der Waals surface area contributed by atoms with Gasteiger partial charge in [0.15, 0.2) is 0 Å². The quantitative estimate of drug-likeness (QED) is 0.517. The van der Waals surface area contributed by atoms with Crippen LogP contribution in [-0.2, 0) is 6.61 Å². The average molecular weight is 182 g/mol. The summed E-state index contributed by atoms with van der Waals surface area (Å²) in [6.45, 7) is -0.246. The molecule has 5 heteroatoms. The molecule has 0 aliphatic rings. The van der Waals surface area contributed by atoms with E-state index in [1.165, 1.54) is 7.11 Å². The van der Waals surface area contributed by atoms with Crippen molar-refractivity contribution in [3.63, 3.8) is 0 Å². The predicted molar refractivity (Wildman–Crippen MR) is 48.7 cm³/mol. The van der Waals surface area contributed by atoms with Crippen LogP contribution in [0.15, 0.2) is 18.2 Å². The Morgan fingerprint density at radius 3 is 2.54 bits per heavy atom. The van der Waals surface area contributed by atoms with Crippen LogP contribution >= 0.6 is 0 Å². The lowest BCUT2D eigenvalue weighted by atomic mass is 9.76. The molecule has 1 aromatic carbocycles. The number of ether oxygens (including phenoxy) is 1. The monoisotopic (exact) mass is 182 g/mol. The van der Waals surface area contributed by atoms with Crippen molar-refractivity contribution in [2.45, 2.75) is 6.61 Å². The Bertz CT molecular complexity index is 265. The zero-order valence-corrected chi connectivity index (χ0v) is 7.27. The molecule has 70 valence electrons. The Morgan fingerprint density at radius 1 is 1.38 bits per heavy atom. The highest BCUT2D eigenvalue weighted by atomic mass is 16.5. The highest BCUT2D eigenvalue weighted by molar-refractivity contribution is 6.60. The Hall–Kier alpha value is -1.04. The predicted octanol–water partition coefficient (Wildman–Crippen LogP) is -1.13. The summed E-state index contributed by atoms with van der Waals surface area (Å²) in [6, 6.07) is 4.89. The number of benzene rings is 1. The van der Waals surface area contributed by atoms with E-state index < -0.39 is 7.12 Å². The van der Waals surface area contributed by atoms with Crippen molar-refractivity contribution in [1.29, 1.82) is 0 Å². The van der Waals surface area contributed by atoms with E-state index in [4.69, 9.17) is 19.9 Å². The first kappa shape index (κ1) is 10.0. The molecule has 0 fully saturated rings. The molecule has 0 atom stereocenters. The van der Waals surface area contributed by atoms with Crippen molar-refractivity contribution in [3.8, 4) is 5.75 Å². The molecule has 4 nitrogen and oxygen atoms in total. The molecule has 13 heavy (non-hydrogen) atoms. The van der Waals surface area contributed by atoms with Crippen LogP contribution in [0.25, 0.3) is 0 Å². The zero-order chi connectivity index (χ0) is 9.84. The van der Waals surface area contributed by atoms with Gasteiger partial charge in [-0.25, -0.2) is 0 Å². The van der Waals surface area contributed by atoms with Gasteiger partial charge >= 0.3 is 7.12 Å². The molecular formula is C8H11BO4. The third-order valence-electron chi connectivity index (χ3n) is 1.80. The van der Waals surface area contributed by atoms with Crippen molar-refractivity contribution in [2.75, 3.05) is 7.11 Å². The number of hydrogen-bond donors (Lipinski definition) is 3. The summed E-state index contributed by atoms with van der Waals surface area (Å²) >= 11 is 0. The minimum Gasteiger partial charge on any atom is -0.497 e. The molecule has 0 radical (unpaired) electrons. The molecule has 0 saturated carbocycles. The summed E-state index contributed by atoms with van der Waals surface area (Å²) in [6.07, 6.45) is 0. The summed E-state index contributed by atoms with van der Waals surface area (Å²) in [5, 5.41) is 26.9. The normalized spacial score (nSPS) is 9.85. The molecule has 1 aromatic rings. The molecule has 0 unspecified atom stereocenters. The van der Waals surface area contributed by atoms with E-state index in [0.717, 1.165) is 0 Å². The van der Waals surface area contributed by atoms with E-state index >= 15 is 0 Å². The largest absolute Gasteiger partial charge is 0.497 e. The van der Waals surface area contributed by atoms with Crippen LogP contribution < -0.4 is 10.2 Å². The first-order valence-corrected chi connectivity index (χ1v) is 3.83. The van der Waals surface area contributed by atoms with Gasteiger partial charge in [-0.1, -0.05) is 12.1 Å². The number of hydrogen-bond acceptors (Lipinski definition) is 4. The lowest BCUT2D eigenvalue weighted by Crippen LogP contribution is -2.34. The molecule has 3 N–H and O–H groups in total. The van der Waals surface area contributed by atoms with Gasteiger partial charge in [0.1, 0.15) is 5.75 Å². The highest BCUT2D eigenvalue weighted by Gasteiger charge is 2.20. The van der Waals surface area contributed by atoms with Crippen molar-refractivity contribution in [3.05, 3.63) is 23.8 Å². The van der Waals surface area contributed by atoms with Gasteiger partial charge in [-0.15, -0.1) is 0 Å². The second-order valence-corrected chi connectivity index (χ2v) is 2.56. The van der Waals surface area contributed by atoms with Crippen LogP contribution in [0.4, 0.5) is 0 Å². The van der Waals surface area contributed by atoms with Gasteiger partial charge in [-0.3, -0.25) is 0 Å². The minimum absolute atomic E-state index is 0.215. The molecule has 0 heterocycles. The number of aliphatic hydroxyl groups excluding tert-OH is 1. The number of methoxy groups -OCH3 is 1. The van der Waals surface area contributed by atoms with Gasteiger partial charge in [-0.05, 0) is 11.6 Å². The van der Waals surface area contributed by atoms with E-state index in [9.17, 15) is 0 Å². The molecule has 0 bridgehead atoms. The lowest BCUT2D eigenvalue weighted by Gasteiger charge is -2.10. The highest BCUT2D eigenvalue weighted by Crippen LogP contribution is 2.10. The Labute approximate surface area is 76.6 Å². The summed E-state index contributed by atoms with van der Waals surface area (Å²) < 4.78 is 4.92. The second kappa shape index (κ2) is 4.27. The van der Waals surface area contributed by atoms with Crippen molar-refractivity contribution >= 4 is 12.6 Å². The van der Waals surface area contributed by atoms with Gasteiger partial charge in [-0.2, -0.15) is 0 Å². The average Bonchev–Trinajstić information content (AvgIpc) is 2.16. The van der Waals surface area contributed by atoms with Gasteiger partial charge in [0.05, 0.1) is 13.7 Å². The van der Waals surface area contributed by atoms with Gasteiger partial charge in [0.25, 0.3) is 0 Å². The standard InChI is InChI=1S/C8H11BO4/c1-13-7-4-2-3-6(5-10)8(7)9(11)12/h2-4,10-12H,5H2,1H3. The molecule has 0 spiro atoms.